The molecule has 6 nitrogen and oxygen atoms in total. The molecule has 2 amide bonds. The first-order valence-corrected chi connectivity index (χ1v) is 10.9. The largest absolute Gasteiger partial charge is 0.459 e. The van der Waals surface area contributed by atoms with Crippen LogP contribution in [0.25, 0.3) is 0 Å². The predicted octanol–water partition coefficient (Wildman–Crippen LogP) is 5.40. The highest BCUT2D eigenvalue weighted by molar-refractivity contribution is 6.02. The second-order valence-electron chi connectivity index (χ2n) is 8.24. The van der Waals surface area contributed by atoms with E-state index in [1.807, 2.05) is 30.3 Å². The van der Waals surface area contributed by atoms with E-state index >= 15 is 0 Å². The molecule has 1 saturated heterocycles. The van der Waals surface area contributed by atoms with Crippen LogP contribution in [0.1, 0.15) is 34.5 Å². The van der Waals surface area contributed by atoms with Gasteiger partial charge in [0, 0.05) is 18.8 Å². The monoisotopic (exact) mass is 471 g/mol. The molecule has 1 aliphatic rings. The number of nitrogens with zero attached hydrogens (tertiary/aromatic N) is 1. The normalized spacial score (nSPS) is 16.7. The van der Waals surface area contributed by atoms with Gasteiger partial charge in [-0.3, -0.25) is 14.5 Å². The first-order chi connectivity index (χ1) is 16.3. The minimum atomic E-state index is -4.72. The van der Waals surface area contributed by atoms with E-state index in [4.69, 9.17) is 4.42 Å². The molecule has 1 unspecified atom stereocenters. The van der Waals surface area contributed by atoms with Gasteiger partial charge in [-0.25, -0.2) is 0 Å². The van der Waals surface area contributed by atoms with Crippen molar-refractivity contribution in [2.45, 2.75) is 25.6 Å². The number of hydrogen-bond donors (Lipinski definition) is 2. The summed E-state index contributed by atoms with van der Waals surface area (Å²) in [5.74, 6) is -1.56. The number of carbonyl (C=O) groups is 2. The van der Waals surface area contributed by atoms with E-state index in [-0.39, 0.29) is 17.1 Å². The van der Waals surface area contributed by atoms with E-state index in [9.17, 15) is 22.8 Å². The van der Waals surface area contributed by atoms with Gasteiger partial charge >= 0.3 is 6.18 Å². The second-order valence-corrected chi connectivity index (χ2v) is 8.24. The zero-order valence-electron chi connectivity index (χ0n) is 18.3. The Balaban J connectivity index is 1.45. The quantitative estimate of drug-likeness (QED) is 0.505. The summed E-state index contributed by atoms with van der Waals surface area (Å²) in [5.41, 5.74) is -0.308. The van der Waals surface area contributed by atoms with Crippen molar-refractivity contribution in [3.05, 3.63) is 83.8 Å². The van der Waals surface area contributed by atoms with Gasteiger partial charge in [-0.15, -0.1) is 0 Å². The molecule has 0 saturated carbocycles. The number of piperidine rings is 1. The van der Waals surface area contributed by atoms with E-state index in [1.54, 1.807) is 0 Å². The Bertz CT molecular complexity index is 1130. The Labute approximate surface area is 194 Å². The molecule has 34 heavy (non-hydrogen) atoms. The molecular weight excluding hydrogens is 447 g/mol. The number of likely N-dealkylation sites (tertiary alicyclic amines) is 1. The summed E-state index contributed by atoms with van der Waals surface area (Å²) in [6.07, 6.45) is -2.04. The van der Waals surface area contributed by atoms with E-state index < -0.39 is 29.5 Å². The van der Waals surface area contributed by atoms with Gasteiger partial charge in [0.1, 0.15) is 0 Å². The molecule has 2 N–H and O–H groups in total. The Morgan fingerprint density at radius 2 is 1.82 bits per heavy atom. The fraction of sp³-hybridized carbons (Fsp3) is 0.280. The topological polar surface area (TPSA) is 74.6 Å². The van der Waals surface area contributed by atoms with Crippen molar-refractivity contribution >= 4 is 23.2 Å². The zero-order valence-corrected chi connectivity index (χ0v) is 18.3. The van der Waals surface area contributed by atoms with E-state index in [1.165, 1.54) is 24.5 Å². The number of anilines is 2. The highest BCUT2D eigenvalue weighted by Crippen LogP contribution is 2.37. The summed E-state index contributed by atoms with van der Waals surface area (Å²) < 4.78 is 46.2. The van der Waals surface area contributed by atoms with Crippen molar-refractivity contribution in [3.63, 3.8) is 0 Å². The number of amides is 2. The fourth-order valence-corrected chi connectivity index (χ4v) is 4.06. The molecule has 1 atom stereocenters. The van der Waals surface area contributed by atoms with Crippen LogP contribution < -0.4 is 10.6 Å². The lowest BCUT2D eigenvalue weighted by atomic mass is 9.96. The van der Waals surface area contributed by atoms with E-state index in [0.29, 0.717) is 19.5 Å². The van der Waals surface area contributed by atoms with Crippen LogP contribution in [0.5, 0.6) is 0 Å². The number of halogens is 3. The van der Waals surface area contributed by atoms with Gasteiger partial charge in [-0.05, 0) is 55.3 Å². The van der Waals surface area contributed by atoms with Gasteiger partial charge in [-0.2, -0.15) is 13.2 Å². The van der Waals surface area contributed by atoms with Crippen LogP contribution in [-0.2, 0) is 17.5 Å². The number of alkyl halides is 3. The molecular formula is C25H24F3N3O3. The maximum absolute atomic E-state index is 13.7. The SMILES string of the molecule is O=C(Nc1ccc(NC(=O)C2CCCN(Cc3ccccc3)C2)c(C(F)(F)F)c1)c1ccco1. The lowest BCUT2D eigenvalue weighted by Gasteiger charge is -2.32. The van der Waals surface area contributed by atoms with Gasteiger partial charge < -0.3 is 15.1 Å². The molecule has 2 heterocycles. The summed E-state index contributed by atoms with van der Waals surface area (Å²) in [7, 11) is 0. The lowest BCUT2D eigenvalue weighted by Crippen LogP contribution is -2.40. The van der Waals surface area contributed by atoms with Gasteiger partial charge in [-0.1, -0.05) is 30.3 Å². The van der Waals surface area contributed by atoms with E-state index in [2.05, 4.69) is 15.5 Å². The molecule has 2 aromatic carbocycles. The van der Waals surface area contributed by atoms with Crippen molar-refractivity contribution in [1.82, 2.24) is 4.90 Å². The summed E-state index contributed by atoms with van der Waals surface area (Å²) in [6.45, 7) is 1.98. The molecule has 9 heteroatoms. The third-order valence-corrected chi connectivity index (χ3v) is 5.71. The Kier molecular flexibility index (Phi) is 7.02. The third kappa shape index (κ3) is 5.85. The maximum atomic E-state index is 13.7. The van der Waals surface area contributed by atoms with Crippen LogP contribution in [0.2, 0.25) is 0 Å². The summed E-state index contributed by atoms with van der Waals surface area (Å²) in [5, 5.41) is 4.84. The number of carbonyl (C=O) groups excluding carboxylic acids is 2. The van der Waals surface area contributed by atoms with Crippen molar-refractivity contribution in [2.24, 2.45) is 5.92 Å². The molecule has 0 bridgehead atoms. The van der Waals surface area contributed by atoms with Crippen molar-refractivity contribution in [2.75, 3.05) is 23.7 Å². The number of hydrogen-bond acceptors (Lipinski definition) is 4. The second kappa shape index (κ2) is 10.1. The molecule has 0 radical (unpaired) electrons. The highest BCUT2D eigenvalue weighted by atomic mass is 19.4. The standard InChI is InChI=1S/C25H24F3N3O3/c26-25(27,28)20-14-19(29-24(33)22-9-5-13-34-22)10-11-21(20)30-23(32)18-8-4-12-31(16-18)15-17-6-2-1-3-7-17/h1-3,5-7,9-11,13-14,18H,4,8,12,15-16H2,(H,29,33)(H,30,32). The Morgan fingerprint density at radius 3 is 2.53 bits per heavy atom. The number of furan rings is 1. The molecule has 0 spiro atoms. The maximum Gasteiger partial charge on any atom is 0.418 e. The minimum absolute atomic E-state index is 0.0247. The molecule has 1 aliphatic heterocycles. The summed E-state index contributed by atoms with van der Waals surface area (Å²) in [4.78, 5) is 27.1. The molecule has 1 fully saturated rings. The van der Waals surface area contributed by atoms with Gasteiger partial charge in [0.25, 0.3) is 5.91 Å². The molecule has 1 aromatic heterocycles. The summed E-state index contributed by atoms with van der Waals surface area (Å²) >= 11 is 0. The van der Waals surface area contributed by atoms with Crippen molar-refractivity contribution in [1.29, 1.82) is 0 Å². The lowest BCUT2D eigenvalue weighted by molar-refractivity contribution is -0.137. The van der Waals surface area contributed by atoms with Crippen LogP contribution in [0.4, 0.5) is 24.5 Å². The zero-order chi connectivity index (χ0) is 24.1. The van der Waals surface area contributed by atoms with Crippen LogP contribution in [0.3, 0.4) is 0 Å². The summed E-state index contributed by atoms with van der Waals surface area (Å²) in [6, 6.07) is 16.0. The Morgan fingerprint density at radius 1 is 1.03 bits per heavy atom. The highest BCUT2D eigenvalue weighted by Gasteiger charge is 2.35. The van der Waals surface area contributed by atoms with E-state index in [0.717, 1.165) is 30.7 Å². The van der Waals surface area contributed by atoms with Crippen molar-refractivity contribution < 1.29 is 27.2 Å². The van der Waals surface area contributed by atoms with Crippen LogP contribution >= 0.6 is 0 Å². The van der Waals surface area contributed by atoms with Crippen molar-refractivity contribution in [3.8, 4) is 0 Å². The van der Waals surface area contributed by atoms with Crippen LogP contribution in [0, 0.1) is 5.92 Å². The van der Waals surface area contributed by atoms with Gasteiger partial charge in [0.15, 0.2) is 5.76 Å². The molecule has 178 valence electrons. The third-order valence-electron chi connectivity index (χ3n) is 5.71. The first-order valence-electron chi connectivity index (χ1n) is 10.9. The van der Waals surface area contributed by atoms with Gasteiger partial charge in [0.2, 0.25) is 5.91 Å². The molecule has 3 aromatic rings. The van der Waals surface area contributed by atoms with Crippen LogP contribution in [-0.4, -0.2) is 29.8 Å². The first kappa shape index (κ1) is 23.6. The number of nitrogens with one attached hydrogen (secondary N) is 2. The molecule has 4 rings (SSSR count). The minimum Gasteiger partial charge on any atom is -0.459 e. The number of rotatable bonds is 6. The number of benzene rings is 2. The average molecular weight is 471 g/mol. The fourth-order valence-electron chi connectivity index (χ4n) is 4.06. The molecule has 0 aliphatic carbocycles. The average Bonchev–Trinajstić information content (AvgIpc) is 3.35. The smallest absolute Gasteiger partial charge is 0.418 e. The predicted molar refractivity (Wildman–Crippen MR) is 121 cm³/mol. The Hall–Kier alpha value is -3.59. The van der Waals surface area contributed by atoms with Crippen LogP contribution in [0.15, 0.2) is 71.3 Å². The van der Waals surface area contributed by atoms with Gasteiger partial charge in [0.05, 0.1) is 23.4 Å².